The summed E-state index contributed by atoms with van der Waals surface area (Å²) in [6.45, 7) is 9.15. The Hall–Kier alpha value is -1.91. The Labute approximate surface area is 144 Å². The molecule has 0 aliphatic carbocycles. The Kier molecular flexibility index (Phi) is 8.44. The lowest BCUT2D eigenvalue weighted by Crippen LogP contribution is -2.21. The zero-order chi connectivity index (χ0) is 18.0. The van der Waals surface area contributed by atoms with E-state index in [0.717, 1.165) is 25.0 Å². The number of benzene rings is 1. The van der Waals surface area contributed by atoms with Crippen molar-refractivity contribution in [3.05, 3.63) is 34.7 Å². The van der Waals surface area contributed by atoms with Crippen molar-refractivity contribution in [2.24, 2.45) is 5.18 Å². The van der Waals surface area contributed by atoms with E-state index in [2.05, 4.69) is 38.1 Å². The number of nitroso groups, excluding NO2 is 1. The predicted octanol–water partition coefficient (Wildman–Crippen LogP) is 4.62. The van der Waals surface area contributed by atoms with Gasteiger partial charge in [0.1, 0.15) is 5.75 Å². The minimum Gasteiger partial charge on any atom is -0.494 e. The van der Waals surface area contributed by atoms with E-state index < -0.39 is 12.0 Å². The first-order valence-electron chi connectivity index (χ1n) is 8.61. The predicted molar refractivity (Wildman–Crippen MR) is 95.3 cm³/mol. The topological polar surface area (TPSA) is 65.0 Å². The van der Waals surface area contributed by atoms with E-state index in [0.29, 0.717) is 13.0 Å². The van der Waals surface area contributed by atoms with Gasteiger partial charge in [0, 0.05) is 0 Å². The van der Waals surface area contributed by atoms with Gasteiger partial charge in [0.2, 0.25) is 0 Å². The number of carbonyl (C=O) groups is 1. The molecule has 0 fully saturated rings. The minimum absolute atomic E-state index is 0.139. The Balaban J connectivity index is 2.22. The molecule has 5 heteroatoms. The number of rotatable bonds is 10. The average Bonchev–Trinajstić information content (AvgIpc) is 2.54. The highest BCUT2D eigenvalue weighted by Crippen LogP contribution is 2.24. The lowest BCUT2D eigenvalue weighted by Gasteiger charge is -2.19. The number of esters is 1. The number of unbranched alkanes of at least 4 members (excludes halogenated alkanes) is 2. The molecule has 0 amide bonds. The fourth-order valence-electron chi connectivity index (χ4n) is 2.31. The van der Waals surface area contributed by atoms with E-state index >= 15 is 0 Å². The largest absolute Gasteiger partial charge is 0.494 e. The Morgan fingerprint density at radius 2 is 1.79 bits per heavy atom. The standard InChI is InChI=1S/C19H29NO4/c1-5-23-18(21)17(20-22)9-7-6-8-14-24-16-12-10-15(11-13-16)19(2,3)4/h10-13,17H,5-9,14H2,1-4H3. The van der Waals surface area contributed by atoms with Gasteiger partial charge in [0.15, 0.2) is 6.04 Å². The molecule has 0 bridgehead atoms. The van der Waals surface area contributed by atoms with Gasteiger partial charge in [0.05, 0.1) is 13.2 Å². The van der Waals surface area contributed by atoms with Crippen LogP contribution in [-0.2, 0) is 14.9 Å². The highest BCUT2D eigenvalue weighted by atomic mass is 16.5. The summed E-state index contributed by atoms with van der Waals surface area (Å²) in [7, 11) is 0. The van der Waals surface area contributed by atoms with Crippen molar-refractivity contribution in [2.45, 2.75) is 64.8 Å². The van der Waals surface area contributed by atoms with E-state index in [9.17, 15) is 9.70 Å². The molecule has 0 saturated carbocycles. The maximum Gasteiger partial charge on any atom is 0.334 e. The van der Waals surface area contributed by atoms with Crippen molar-refractivity contribution in [3.8, 4) is 5.75 Å². The molecule has 0 saturated heterocycles. The molecule has 0 spiro atoms. The maximum atomic E-state index is 11.4. The molecule has 0 aliphatic rings. The van der Waals surface area contributed by atoms with Crippen LogP contribution in [-0.4, -0.2) is 25.2 Å². The summed E-state index contributed by atoms with van der Waals surface area (Å²) >= 11 is 0. The minimum atomic E-state index is -0.879. The number of hydrogen-bond acceptors (Lipinski definition) is 5. The molecular formula is C19H29NO4. The van der Waals surface area contributed by atoms with E-state index in [1.165, 1.54) is 5.56 Å². The molecule has 1 rings (SSSR count). The first-order chi connectivity index (χ1) is 11.4. The van der Waals surface area contributed by atoms with Crippen LogP contribution < -0.4 is 4.74 Å². The summed E-state index contributed by atoms with van der Waals surface area (Å²) < 4.78 is 10.5. The van der Waals surface area contributed by atoms with Gasteiger partial charge in [-0.3, -0.25) is 0 Å². The van der Waals surface area contributed by atoms with Crippen LogP contribution in [0.2, 0.25) is 0 Å². The van der Waals surface area contributed by atoms with Crippen LogP contribution >= 0.6 is 0 Å². The summed E-state index contributed by atoms with van der Waals surface area (Å²) in [6, 6.07) is 7.29. The molecular weight excluding hydrogens is 306 g/mol. The van der Waals surface area contributed by atoms with Gasteiger partial charge in [-0.25, -0.2) is 4.79 Å². The smallest absolute Gasteiger partial charge is 0.334 e. The summed E-state index contributed by atoms with van der Waals surface area (Å²) in [4.78, 5) is 22.1. The third kappa shape index (κ3) is 7.11. The van der Waals surface area contributed by atoms with Crippen molar-refractivity contribution in [2.75, 3.05) is 13.2 Å². The van der Waals surface area contributed by atoms with Crippen LogP contribution in [0.15, 0.2) is 29.4 Å². The van der Waals surface area contributed by atoms with Crippen molar-refractivity contribution in [3.63, 3.8) is 0 Å². The van der Waals surface area contributed by atoms with Gasteiger partial charge in [-0.2, -0.15) is 0 Å². The SMILES string of the molecule is CCOC(=O)C(CCCCCOc1ccc(C(C)(C)C)cc1)N=O. The van der Waals surface area contributed by atoms with Crippen molar-refractivity contribution in [1.82, 2.24) is 0 Å². The number of nitrogens with zero attached hydrogens (tertiary/aromatic N) is 1. The highest BCUT2D eigenvalue weighted by molar-refractivity contribution is 5.75. The third-order valence-corrected chi connectivity index (χ3v) is 3.80. The lowest BCUT2D eigenvalue weighted by molar-refractivity contribution is -0.144. The van der Waals surface area contributed by atoms with Crippen LogP contribution in [0.1, 0.15) is 58.9 Å². The Bertz CT molecular complexity index is 505. The molecule has 0 N–H and O–H groups in total. The fourth-order valence-corrected chi connectivity index (χ4v) is 2.31. The van der Waals surface area contributed by atoms with Crippen molar-refractivity contribution in [1.29, 1.82) is 0 Å². The maximum absolute atomic E-state index is 11.4. The van der Waals surface area contributed by atoms with Gasteiger partial charge in [-0.05, 0) is 49.3 Å². The molecule has 1 unspecified atom stereocenters. The second kappa shape index (κ2) is 10.1. The van der Waals surface area contributed by atoms with Crippen molar-refractivity contribution >= 4 is 5.97 Å². The molecule has 1 aromatic carbocycles. The van der Waals surface area contributed by atoms with Gasteiger partial charge in [0.25, 0.3) is 0 Å². The summed E-state index contributed by atoms with van der Waals surface area (Å²) in [5, 5.41) is 2.84. The molecule has 1 aromatic rings. The molecule has 134 valence electrons. The Morgan fingerprint density at radius 3 is 2.33 bits per heavy atom. The molecule has 0 radical (unpaired) electrons. The second-order valence-electron chi connectivity index (χ2n) is 6.85. The monoisotopic (exact) mass is 335 g/mol. The van der Waals surface area contributed by atoms with Gasteiger partial charge in [-0.15, -0.1) is 4.91 Å². The van der Waals surface area contributed by atoms with Crippen LogP contribution in [0.3, 0.4) is 0 Å². The zero-order valence-corrected chi connectivity index (χ0v) is 15.2. The fraction of sp³-hybridized carbons (Fsp3) is 0.632. The van der Waals surface area contributed by atoms with Gasteiger partial charge in [-0.1, -0.05) is 44.5 Å². The van der Waals surface area contributed by atoms with E-state index in [1.54, 1.807) is 6.92 Å². The van der Waals surface area contributed by atoms with Gasteiger partial charge < -0.3 is 9.47 Å². The molecule has 0 heterocycles. The molecule has 1 atom stereocenters. The second-order valence-corrected chi connectivity index (χ2v) is 6.85. The van der Waals surface area contributed by atoms with Crippen LogP contribution in [0.5, 0.6) is 5.75 Å². The summed E-state index contributed by atoms with van der Waals surface area (Å²) in [5.74, 6) is 0.338. The van der Waals surface area contributed by atoms with E-state index in [1.807, 2.05) is 12.1 Å². The first-order valence-corrected chi connectivity index (χ1v) is 8.61. The van der Waals surface area contributed by atoms with E-state index in [4.69, 9.17) is 9.47 Å². The average molecular weight is 335 g/mol. The molecule has 24 heavy (non-hydrogen) atoms. The van der Waals surface area contributed by atoms with Crippen LogP contribution in [0.4, 0.5) is 0 Å². The van der Waals surface area contributed by atoms with Crippen molar-refractivity contribution < 1.29 is 14.3 Å². The molecule has 0 aromatic heterocycles. The summed E-state index contributed by atoms with van der Waals surface area (Å²) in [5.41, 5.74) is 1.42. The van der Waals surface area contributed by atoms with E-state index in [-0.39, 0.29) is 12.0 Å². The normalized spacial score (nSPS) is 12.5. The van der Waals surface area contributed by atoms with Crippen LogP contribution in [0.25, 0.3) is 0 Å². The van der Waals surface area contributed by atoms with Crippen LogP contribution in [0, 0.1) is 4.91 Å². The lowest BCUT2D eigenvalue weighted by atomic mass is 9.87. The zero-order valence-electron chi connectivity index (χ0n) is 15.2. The third-order valence-electron chi connectivity index (χ3n) is 3.80. The Morgan fingerprint density at radius 1 is 1.12 bits per heavy atom. The van der Waals surface area contributed by atoms with Gasteiger partial charge >= 0.3 is 5.97 Å². The quantitative estimate of drug-likeness (QED) is 0.355. The molecule has 0 aliphatic heterocycles. The summed E-state index contributed by atoms with van der Waals surface area (Å²) in [6.07, 6.45) is 2.94. The molecule has 5 nitrogen and oxygen atoms in total. The number of carbonyl (C=O) groups excluding carboxylic acids is 1. The first kappa shape index (κ1) is 20.1. The number of ether oxygens (including phenoxy) is 2. The number of hydrogen-bond donors (Lipinski definition) is 0. The highest BCUT2D eigenvalue weighted by Gasteiger charge is 2.19.